The highest BCUT2D eigenvalue weighted by Gasteiger charge is 2.08. The first-order valence-electron chi connectivity index (χ1n) is 4.15. The maximum absolute atomic E-state index is 10.8. The van der Waals surface area contributed by atoms with Crippen molar-refractivity contribution in [2.45, 2.75) is 19.8 Å². The molecule has 0 aliphatic heterocycles. The third-order valence-electron chi connectivity index (χ3n) is 1.93. The van der Waals surface area contributed by atoms with Gasteiger partial charge in [-0.15, -0.1) is 0 Å². The normalized spacial score (nSPS) is 10.4. The summed E-state index contributed by atoms with van der Waals surface area (Å²) >= 11 is 0. The van der Waals surface area contributed by atoms with Crippen LogP contribution in [0.1, 0.15) is 35.7 Å². The Labute approximate surface area is 77.2 Å². The topological polar surface area (TPSA) is 63.3 Å². The van der Waals surface area contributed by atoms with Gasteiger partial charge in [-0.05, 0) is 29.7 Å². The molecule has 3 heteroatoms. The molecule has 1 aromatic carbocycles. The van der Waals surface area contributed by atoms with Crippen molar-refractivity contribution in [1.29, 1.82) is 0 Å². The molecule has 0 aliphatic rings. The van der Waals surface area contributed by atoms with E-state index in [4.69, 9.17) is 5.73 Å². The molecule has 3 nitrogen and oxygen atoms in total. The number of amides is 1. The fraction of sp³-hybridized carbons (Fsp3) is 0.300. The summed E-state index contributed by atoms with van der Waals surface area (Å²) in [5, 5.41) is 9.44. The molecule has 0 heterocycles. The second-order valence-electron chi connectivity index (χ2n) is 3.29. The molecule has 0 radical (unpaired) electrons. The smallest absolute Gasteiger partial charge is 0.248 e. The summed E-state index contributed by atoms with van der Waals surface area (Å²) in [5.41, 5.74) is 6.29. The first-order chi connectivity index (χ1) is 6.02. The standard InChI is InChI=1S/C10H13NO2/c1-6(2)8-5-7(10(11)13)3-4-9(8)12/h3-6,12H,1-2H3,(H2,11,13). The van der Waals surface area contributed by atoms with Gasteiger partial charge in [0.1, 0.15) is 5.75 Å². The third-order valence-corrected chi connectivity index (χ3v) is 1.93. The molecule has 0 atom stereocenters. The second kappa shape index (κ2) is 3.47. The van der Waals surface area contributed by atoms with Crippen molar-refractivity contribution in [3.8, 4) is 5.75 Å². The summed E-state index contributed by atoms with van der Waals surface area (Å²) in [6.45, 7) is 3.89. The lowest BCUT2D eigenvalue weighted by Crippen LogP contribution is -2.11. The van der Waals surface area contributed by atoms with Crippen LogP contribution in [0.4, 0.5) is 0 Å². The Balaban J connectivity index is 3.19. The third kappa shape index (κ3) is 1.99. The van der Waals surface area contributed by atoms with Crippen molar-refractivity contribution >= 4 is 5.91 Å². The maximum Gasteiger partial charge on any atom is 0.248 e. The lowest BCUT2D eigenvalue weighted by atomic mass is 9.99. The lowest BCUT2D eigenvalue weighted by molar-refractivity contribution is 0.1000. The number of primary amides is 1. The first-order valence-corrected chi connectivity index (χ1v) is 4.15. The number of hydrogen-bond acceptors (Lipinski definition) is 2. The maximum atomic E-state index is 10.8. The minimum absolute atomic E-state index is 0.180. The number of rotatable bonds is 2. The minimum atomic E-state index is -0.470. The van der Waals surface area contributed by atoms with E-state index in [1.165, 1.54) is 12.1 Å². The molecule has 3 N–H and O–H groups in total. The van der Waals surface area contributed by atoms with E-state index in [9.17, 15) is 9.90 Å². The Bertz CT molecular complexity index is 332. The summed E-state index contributed by atoms with van der Waals surface area (Å²) in [5.74, 6) is -0.0822. The van der Waals surface area contributed by atoms with Crippen LogP contribution in [-0.4, -0.2) is 11.0 Å². The van der Waals surface area contributed by atoms with Gasteiger partial charge >= 0.3 is 0 Å². The molecule has 0 aromatic heterocycles. The minimum Gasteiger partial charge on any atom is -0.508 e. The van der Waals surface area contributed by atoms with E-state index >= 15 is 0 Å². The van der Waals surface area contributed by atoms with Gasteiger partial charge in [0.05, 0.1) is 0 Å². The molecular weight excluding hydrogens is 166 g/mol. The highest BCUT2D eigenvalue weighted by molar-refractivity contribution is 5.93. The summed E-state index contributed by atoms with van der Waals surface area (Å²) in [7, 11) is 0. The summed E-state index contributed by atoms with van der Waals surface area (Å²) < 4.78 is 0. The van der Waals surface area contributed by atoms with E-state index in [1.807, 2.05) is 13.8 Å². The second-order valence-corrected chi connectivity index (χ2v) is 3.29. The van der Waals surface area contributed by atoms with Crippen molar-refractivity contribution in [3.05, 3.63) is 29.3 Å². The molecule has 1 rings (SSSR count). The van der Waals surface area contributed by atoms with Gasteiger partial charge in [-0.1, -0.05) is 13.8 Å². The highest BCUT2D eigenvalue weighted by atomic mass is 16.3. The van der Waals surface area contributed by atoms with Crippen LogP contribution in [-0.2, 0) is 0 Å². The summed E-state index contributed by atoms with van der Waals surface area (Å²) in [6, 6.07) is 4.64. The van der Waals surface area contributed by atoms with Crippen molar-refractivity contribution in [2.75, 3.05) is 0 Å². The van der Waals surface area contributed by atoms with Crippen molar-refractivity contribution in [2.24, 2.45) is 5.73 Å². The largest absolute Gasteiger partial charge is 0.508 e. The van der Waals surface area contributed by atoms with Crippen LogP contribution in [0.25, 0.3) is 0 Å². The summed E-state index contributed by atoms with van der Waals surface area (Å²) in [4.78, 5) is 10.8. The zero-order valence-corrected chi connectivity index (χ0v) is 7.74. The zero-order valence-electron chi connectivity index (χ0n) is 7.74. The van der Waals surface area contributed by atoms with Crippen LogP contribution in [0.5, 0.6) is 5.75 Å². The zero-order chi connectivity index (χ0) is 10.0. The number of nitrogens with two attached hydrogens (primary N) is 1. The average molecular weight is 179 g/mol. The number of carbonyl (C=O) groups is 1. The molecule has 0 saturated carbocycles. The van der Waals surface area contributed by atoms with Crippen LogP contribution < -0.4 is 5.73 Å². The lowest BCUT2D eigenvalue weighted by Gasteiger charge is -2.08. The first kappa shape index (κ1) is 9.58. The van der Waals surface area contributed by atoms with Gasteiger partial charge in [0.15, 0.2) is 0 Å². The van der Waals surface area contributed by atoms with Gasteiger partial charge in [-0.3, -0.25) is 4.79 Å². The molecule has 0 saturated heterocycles. The van der Waals surface area contributed by atoms with Crippen LogP contribution in [0.3, 0.4) is 0 Å². The number of phenols is 1. The van der Waals surface area contributed by atoms with E-state index in [1.54, 1.807) is 6.07 Å². The molecule has 70 valence electrons. The Hall–Kier alpha value is -1.51. The monoisotopic (exact) mass is 179 g/mol. The number of carbonyl (C=O) groups excluding carboxylic acids is 1. The average Bonchev–Trinajstić information content (AvgIpc) is 2.04. The van der Waals surface area contributed by atoms with Crippen molar-refractivity contribution in [3.63, 3.8) is 0 Å². The Morgan fingerprint density at radius 2 is 2.08 bits per heavy atom. The van der Waals surface area contributed by atoms with Gasteiger partial charge < -0.3 is 10.8 Å². The van der Waals surface area contributed by atoms with Crippen LogP contribution in [0, 0.1) is 0 Å². The molecule has 0 spiro atoms. The van der Waals surface area contributed by atoms with E-state index in [0.717, 1.165) is 5.56 Å². The van der Waals surface area contributed by atoms with Crippen LogP contribution in [0.2, 0.25) is 0 Å². The number of benzene rings is 1. The molecule has 0 fully saturated rings. The molecule has 1 aromatic rings. The number of hydrogen-bond donors (Lipinski definition) is 2. The van der Waals surface area contributed by atoms with Crippen LogP contribution >= 0.6 is 0 Å². The molecule has 0 aliphatic carbocycles. The van der Waals surface area contributed by atoms with Crippen molar-refractivity contribution in [1.82, 2.24) is 0 Å². The van der Waals surface area contributed by atoms with E-state index in [-0.39, 0.29) is 11.7 Å². The molecule has 0 unspecified atom stereocenters. The van der Waals surface area contributed by atoms with Gasteiger partial charge in [0, 0.05) is 5.56 Å². The van der Waals surface area contributed by atoms with Crippen LogP contribution in [0.15, 0.2) is 18.2 Å². The van der Waals surface area contributed by atoms with Crippen molar-refractivity contribution < 1.29 is 9.90 Å². The van der Waals surface area contributed by atoms with Gasteiger partial charge in [-0.25, -0.2) is 0 Å². The quantitative estimate of drug-likeness (QED) is 0.724. The van der Waals surface area contributed by atoms with E-state index < -0.39 is 5.91 Å². The molecule has 1 amide bonds. The van der Waals surface area contributed by atoms with Gasteiger partial charge in [0.25, 0.3) is 0 Å². The molecule has 13 heavy (non-hydrogen) atoms. The Morgan fingerprint density at radius 3 is 2.54 bits per heavy atom. The fourth-order valence-electron chi connectivity index (χ4n) is 1.17. The Morgan fingerprint density at radius 1 is 1.46 bits per heavy atom. The fourth-order valence-corrected chi connectivity index (χ4v) is 1.17. The Kier molecular flexibility index (Phi) is 2.56. The molecular formula is C10H13NO2. The number of aromatic hydroxyl groups is 1. The van der Waals surface area contributed by atoms with Gasteiger partial charge in [-0.2, -0.15) is 0 Å². The predicted molar refractivity (Wildman–Crippen MR) is 50.7 cm³/mol. The predicted octanol–water partition coefficient (Wildman–Crippen LogP) is 1.61. The SMILES string of the molecule is CC(C)c1cc(C(N)=O)ccc1O. The van der Waals surface area contributed by atoms with E-state index in [0.29, 0.717) is 5.56 Å². The summed E-state index contributed by atoms with van der Waals surface area (Å²) in [6.07, 6.45) is 0. The van der Waals surface area contributed by atoms with E-state index in [2.05, 4.69) is 0 Å². The van der Waals surface area contributed by atoms with Gasteiger partial charge in [0.2, 0.25) is 5.91 Å². The number of phenolic OH excluding ortho intramolecular Hbond substituents is 1. The molecule has 0 bridgehead atoms. The highest BCUT2D eigenvalue weighted by Crippen LogP contribution is 2.25.